The lowest BCUT2D eigenvalue weighted by Gasteiger charge is -2.34. The summed E-state index contributed by atoms with van der Waals surface area (Å²) < 4.78 is 0. The normalized spacial score (nSPS) is 26.5. The highest BCUT2D eigenvalue weighted by Crippen LogP contribution is 2.25. The van der Waals surface area contributed by atoms with Crippen LogP contribution in [0.2, 0.25) is 0 Å². The van der Waals surface area contributed by atoms with E-state index in [4.69, 9.17) is 5.73 Å². The van der Waals surface area contributed by atoms with Crippen molar-refractivity contribution in [1.82, 2.24) is 10.2 Å². The van der Waals surface area contributed by atoms with Crippen molar-refractivity contribution in [3.05, 3.63) is 0 Å². The van der Waals surface area contributed by atoms with Gasteiger partial charge in [-0.05, 0) is 57.9 Å². The highest BCUT2D eigenvalue weighted by atomic mass is 15.2. The summed E-state index contributed by atoms with van der Waals surface area (Å²) in [6.45, 7) is 8.87. The van der Waals surface area contributed by atoms with Gasteiger partial charge >= 0.3 is 0 Å². The average Bonchev–Trinajstić information content (AvgIpc) is 2.35. The molecule has 1 heterocycles. The molecule has 110 valence electrons. The molecule has 3 N–H and O–H groups in total. The Morgan fingerprint density at radius 3 is 2.63 bits per heavy atom. The third-order valence-electron chi connectivity index (χ3n) is 4.60. The van der Waals surface area contributed by atoms with E-state index in [1.807, 2.05) is 0 Å². The lowest BCUT2D eigenvalue weighted by atomic mass is 9.85. The molecule has 1 aliphatic heterocycles. The molecular formula is C15H30N4. The van der Waals surface area contributed by atoms with E-state index in [1.165, 1.54) is 45.2 Å². The summed E-state index contributed by atoms with van der Waals surface area (Å²) in [7, 11) is 0. The highest BCUT2D eigenvalue weighted by Gasteiger charge is 2.21. The number of piperidine rings is 1. The molecule has 0 spiro atoms. The predicted molar refractivity (Wildman–Crippen MR) is 81.3 cm³/mol. The van der Waals surface area contributed by atoms with Crippen molar-refractivity contribution in [1.29, 1.82) is 0 Å². The maximum Gasteiger partial charge on any atom is 0.188 e. The first kappa shape index (κ1) is 14.6. The highest BCUT2D eigenvalue weighted by molar-refractivity contribution is 5.77. The smallest absolute Gasteiger partial charge is 0.188 e. The molecule has 2 fully saturated rings. The van der Waals surface area contributed by atoms with Crippen molar-refractivity contribution >= 4 is 5.96 Å². The molecule has 1 saturated carbocycles. The number of hydrogen-bond donors (Lipinski definition) is 2. The topological polar surface area (TPSA) is 53.6 Å². The van der Waals surface area contributed by atoms with Crippen LogP contribution in [0.25, 0.3) is 0 Å². The number of rotatable bonds is 5. The molecule has 2 aliphatic rings. The molecule has 0 aromatic rings. The van der Waals surface area contributed by atoms with Crippen molar-refractivity contribution in [3.8, 4) is 0 Å². The fourth-order valence-electron chi connectivity index (χ4n) is 2.94. The molecular weight excluding hydrogens is 236 g/mol. The Kier molecular flexibility index (Phi) is 5.49. The van der Waals surface area contributed by atoms with Crippen LogP contribution in [-0.2, 0) is 0 Å². The first-order valence-corrected chi connectivity index (χ1v) is 7.93. The van der Waals surface area contributed by atoms with Gasteiger partial charge in [-0.15, -0.1) is 0 Å². The second-order valence-electron chi connectivity index (χ2n) is 6.50. The second-order valence-corrected chi connectivity index (χ2v) is 6.50. The van der Waals surface area contributed by atoms with Crippen LogP contribution in [0.1, 0.15) is 46.0 Å². The summed E-state index contributed by atoms with van der Waals surface area (Å²) in [5, 5.41) is 3.27. The van der Waals surface area contributed by atoms with Crippen LogP contribution in [0.5, 0.6) is 0 Å². The van der Waals surface area contributed by atoms with Gasteiger partial charge in [0.2, 0.25) is 0 Å². The van der Waals surface area contributed by atoms with Crippen molar-refractivity contribution in [2.75, 3.05) is 26.2 Å². The lowest BCUT2D eigenvalue weighted by molar-refractivity contribution is 0.143. The first-order valence-electron chi connectivity index (χ1n) is 7.93. The van der Waals surface area contributed by atoms with E-state index >= 15 is 0 Å². The zero-order chi connectivity index (χ0) is 13.7. The number of nitrogens with two attached hydrogens (primary N) is 1. The quantitative estimate of drug-likeness (QED) is 0.589. The van der Waals surface area contributed by atoms with E-state index in [0.717, 1.165) is 19.0 Å². The Bertz CT molecular complexity index is 297. The molecule has 4 nitrogen and oxygen atoms in total. The van der Waals surface area contributed by atoms with Gasteiger partial charge in [0.25, 0.3) is 0 Å². The number of hydrogen-bond acceptors (Lipinski definition) is 2. The Labute approximate surface area is 117 Å². The van der Waals surface area contributed by atoms with Gasteiger partial charge in [0.05, 0.1) is 0 Å². The van der Waals surface area contributed by atoms with Crippen molar-refractivity contribution in [2.45, 2.75) is 52.0 Å². The number of nitrogens with zero attached hydrogens (tertiary/aromatic N) is 2. The van der Waals surface area contributed by atoms with Crippen LogP contribution < -0.4 is 11.1 Å². The van der Waals surface area contributed by atoms with Gasteiger partial charge in [-0.2, -0.15) is 0 Å². The summed E-state index contributed by atoms with van der Waals surface area (Å²) in [4.78, 5) is 7.09. The molecule has 19 heavy (non-hydrogen) atoms. The zero-order valence-corrected chi connectivity index (χ0v) is 12.6. The molecule has 0 amide bonds. The van der Waals surface area contributed by atoms with Crippen LogP contribution in [0.3, 0.4) is 0 Å². The number of guanidine groups is 1. The number of nitrogens with one attached hydrogen (secondary N) is 1. The maximum absolute atomic E-state index is 5.94. The molecule has 1 atom stereocenters. The first-order chi connectivity index (χ1) is 9.15. The van der Waals surface area contributed by atoms with E-state index in [1.54, 1.807) is 0 Å². The Morgan fingerprint density at radius 2 is 2.00 bits per heavy atom. The summed E-state index contributed by atoms with van der Waals surface area (Å²) in [6.07, 6.45) is 6.69. The minimum atomic E-state index is 0.647. The second kappa shape index (κ2) is 7.13. The maximum atomic E-state index is 5.94. The van der Waals surface area contributed by atoms with E-state index in [9.17, 15) is 0 Å². The monoisotopic (exact) mass is 266 g/mol. The standard InChI is InChI=1S/C15H30N4/c1-12(2)19-8-4-7-14(11-19)10-18-15(16)17-9-13-5-3-6-13/h12-14H,3-11H2,1-2H3,(H3,16,17,18). The summed E-state index contributed by atoms with van der Waals surface area (Å²) >= 11 is 0. The largest absolute Gasteiger partial charge is 0.370 e. The molecule has 0 aromatic carbocycles. The summed E-state index contributed by atoms with van der Waals surface area (Å²) in [5.74, 6) is 2.16. The van der Waals surface area contributed by atoms with Crippen LogP contribution >= 0.6 is 0 Å². The Balaban J connectivity index is 1.67. The zero-order valence-electron chi connectivity index (χ0n) is 12.6. The lowest BCUT2D eigenvalue weighted by Crippen LogP contribution is -2.41. The average molecular weight is 266 g/mol. The predicted octanol–water partition coefficient (Wildman–Crippen LogP) is 1.81. The van der Waals surface area contributed by atoms with E-state index < -0.39 is 0 Å². The molecule has 1 saturated heterocycles. The van der Waals surface area contributed by atoms with Crippen molar-refractivity contribution in [2.24, 2.45) is 22.6 Å². The fraction of sp³-hybridized carbons (Fsp3) is 0.933. The summed E-state index contributed by atoms with van der Waals surface area (Å²) in [6, 6.07) is 0.654. The molecule has 2 rings (SSSR count). The molecule has 0 aromatic heterocycles. The minimum absolute atomic E-state index is 0.647. The van der Waals surface area contributed by atoms with Gasteiger partial charge in [0, 0.05) is 25.7 Å². The van der Waals surface area contributed by atoms with Crippen LogP contribution in [-0.4, -0.2) is 43.1 Å². The van der Waals surface area contributed by atoms with Gasteiger partial charge in [-0.1, -0.05) is 6.42 Å². The van der Waals surface area contributed by atoms with Gasteiger partial charge < -0.3 is 16.0 Å². The molecule has 1 aliphatic carbocycles. The third kappa shape index (κ3) is 4.68. The number of aliphatic imine (C=N–C) groups is 1. The van der Waals surface area contributed by atoms with E-state index in [-0.39, 0.29) is 0 Å². The van der Waals surface area contributed by atoms with Gasteiger partial charge in [-0.25, -0.2) is 0 Å². The molecule has 1 unspecified atom stereocenters. The fourth-order valence-corrected chi connectivity index (χ4v) is 2.94. The minimum Gasteiger partial charge on any atom is -0.370 e. The number of likely N-dealkylation sites (tertiary alicyclic amines) is 1. The Hall–Kier alpha value is -0.770. The van der Waals surface area contributed by atoms with Crippen LogP contribution in [0.15, 0.2) is 4.99 Å². The van der Waals surface area contributed by atoms with Gasteiger partial charge in [0.1, 0.15) is 0 Å². The molecule has 4 heteroatoms. The van der Waals surface area contributed by atoms with Gasteiger partial charge in [-0.3, -0.25) is 4.99 Å². The summed E-state index contributed by atoms with van der Waals surface area (Å²) in [5.41, 5.74) is 5.94. The van der Waals surface area contributed by atoms with Gasteiger partial charge in [0.15, 0.2) is 5.96 Å². The van der Waals surface area contributed by atoms with Crippen LogP contribution in [0, 0.1) is 11.8 Å². The van der Waals surface area contributed by atoms with Crippen molar-refractivity contribution < 1.29 is 0 Å². The van der Waals surface area contributed by atoms with E-state index in [2.05, 4.69) is 29.1 Å². The third-order valence-corrected chi connectivity index (χ3v) is 4.60. The SMILES string of the molecule is CC(C)N1CCCC(CN=C(N)NCC2CCC2)C1. The Morgan fingerprint density at radius 1 is 1.26 bits per heavy atom. The van der Waals surface area contributed by atoms with Crippen molar-refractivity contribution in [3.63, 3.8) is 0 Å². The van der Waals surface area contributed by atoms with Crippen LogP contribution in [0.4, 0.5) is 0 Å². The molecule has 0 radical (unpaired) electrons. The van der Waals surface area contributed by atoms with E-state index in [0.29, 0.717) is 17.9 Å². The molecule has 0 bridgehead atoms.